The van der Waals surface area contributed by atoms with Crippen molar-refractivity contribution in [3.63, 3.8) is 0 Å². The Balaban J connectivity index is 1.45. The number of aromatic nitrogens is 1. The molecule has 142 valence electrons. The molecule has 7 heteroatoms. The van der Waals surface area contributed by atoms with Crippen molar-refractivity contribution in [2.24, 2.45) is 5.92 Å². The maximum Gasteiger partial charge on any atom is 0.307 e. The summed E-state index contributed by atoms with van der Waals surface area (Å²) in [4.78, 5) is 30.4. The smallest absolute Gasteiger partial charge is 0.307 e. The third-order valence-electron chi connectivity index (χ3n) is 5.54. The lowest BCUT2D eigenvalue weighted by Crippen LogP contribution is -2.60. The van der Waals surface area contributed by atoms with E-state index in [1.54, 1.807) is 18.3 Å². The fraction of sp³-hybridized carbons (Fsp3) is 0.450. The second-order valence-corrected chi connectivity index (χ2v) is 7.50. The third-order valence-corrected chi connectivity index (χ3v) is 5.54. The van der Waals surface area contributed by atoms with Crippen LogP contribution < -0.4 is 10.6 Å². The van der Waals surface area contributed by atoms with Crippen molar-refractivity contribution in [1.82, 2.24) is 15.2 Å². The Bertz CT molecular complexity index is 862. The summed E-state index contributed by atoms with van der Waals surface area (Å²) in [6, 6.07) is 8.00. The van der Waals surface area contributed by atoms with Crippen molar-refractivity contribution in [2.45, 2.75) is 38.8 Å². The first-order chi connectivity index (χ1) is 13.0. The summed E-state index contributed by atoms with van der Waals surface area (Å²) in [6.07, 6.45) is 3.79. The first-order valence-corrected chi connectivity index (χ1v) is 9.38. The van der Waals surface area contributed by atoms with Gasteiger partial charge in [-0.1, -0.05) is 12.1 Å². The van der Waals surface area contributed by atoms with Gasteiger partial charge in [-0.2, -0.15) is 0 Å². The topological polar surface area (TPSA) is 87.5 Å². The van der Waals surface area contributed by atoms with Gasteiger partial charge in [0, 0.05) is 36.8 Å². The van der Waals surface area contributed by atoms with E-state index in [0.717, 1.165) is 31.5 Å². The molecule has 4 atom stereocenters. The van der Waals surface area contributed by atoms with Crippen LogP contribution in [0.2, 0.25) is 0 Å². The van der Waals surface area contributed by atoms with Crippen LogP contribution in [0.15, 0.2) is 34.9 Å². The molecule has 4 heterocycles. The lowest BCUT2D eigenvalue weighted by molar-refractivity contribution is -0.114. The fourth-order valence-electron chi connectivity index (χ4n) is 4.16. The number of hydrogen-bond donors (Lipinski definition) is 2. The summed E-state index contributed by atoms with van der Waals surface area (Å²) in [5.41, 5.74) is 1.42. The summed E-state index contributed by atoms with van der Waals surface area (Å²) in [6.45, 7) is 5.72. The Labute approximate surface area is 158 Å². The molecule has 5 rings (SSSR count). The lowest BCUT2D eigenvalue weighted by atomic mass is 9.80. The van der Waals surface area contributed by atoms with Crippen LogP contribution in [-0.2, 0) is 4.79 Å². The van der Waals surface area contributed by atoms with Gasteiger partial charge in [0.15, 0.2) is 5.76 Å². The van der Waals surface area contributed by atoms with E-state index in [-0.39, 0.29) is 23.7 Å². The predicted octanol–water partition coefficient (Wildman–Crippen LogP) is 2.51. The van der Waals surface area contributed by atoms with Crippen molar-refractivity contribution < 1.29 is 14.0 Å². The molecule has 3 saturated heterocycles. The number of nitrogens with one attached hydrogen (secondary N) is 2. The molecule has 0 aliphatic carbocycles. The van der Waals surface area contributed by atoms with Gasteiger partial charge in [0.25, 0.3) is 5.89 Å². The Hall–Kier alpha value is -2.67. The number of carbonyl (C=O) groups is 2. The highest BCUT2D eigenvalue weighted by Crippen LogP contribution is 2.32. The van der Waals surface area contributed by atoms with Crippen LogP contribution in [-0.4, -0.2) is 46.9 Å². The molecule has 27 heavy (non-hydrogen) atoms. The molecule has 0 spiro atoms. The van der Waals surface area contributed by atoms with Crippen LogP contribution in [0.25, 0.3) is 11.3 Å². The lowest BCUT2D eigenvalue weighted by Gasteiger charge is -2.48. The van der Waals surface area contributed by atoms with E-state index in [9.17, 15) is 9.59 Å². The Kier molecular flexibility index (Phi) is 4.70. The van der Waals surface area contributed by atoms with Crippen molar-refractivity contribution >= 4 is 17.5 Å². The van der Waals surface area contributed by atoms with E-state index in [2.05, 4.69) is 27.4 Å². The number of hydrogen-bond acceptors (Lipinski definition) is 5. The van der Waals surface area contributed by atoms with E-state index < -0.39 is 0 Å². The van der Waals surface area contributed by atoms with Gasteiger partial charge >= 0.3 is 5.91 Å². The molecule has 2 N–H and O–H groups in total. The molecular formula is C20H24N4O3. The van der Waals surface area contributed by atoms with Crippen molar-refractivity contribution in [3.8, 4) is 11.3 Å². The molecule has 3 aliphatic heterocycles. The number of carbonyl (C=O) groups excluding carboxylic acids is 2. The number of piperidine rings is 3. The maximum absolute atomic E-state index is 12.6. The number of benzene rings is 1. The van der Waals surface area contributed by atoms with E-state index in [0.29, 0.717) is 23.4 Å². The van der Waals surface area contributed by atoms with Crippen LogP contribution in [0.3, 0.4) is 0 Å². The fourth-order valence-corrected chi connectivity index (χ4v) is 4.16. The van der Waals surface area contributed by atoms with Crippen molar-refractivity contribution in [1.29, 1.82) is 0 Å². The number of anilines is 1. The molecular weight excluding hydrogens is 344 g/mol. The van der Waals surface area contributed by atoms with E-state index in [1.807, 2.05) is 12.1 Å². The summed E-state index contributed by atoms with van der Waals surface area (Å²) in [5.74, 6) is 0.675. The number of amides is 2. The minimum Gasteiger partial charge on any atom is -0.432 e. The first kappa shape index (κ1) is 17.7. The van der Waals surface area contributed by atoms with E-state index in [1.165, 1.54) is 6.92 Å². The van der Waals surface area contributed by atoms with Gasteiger partial charge < -0.3 is 15.1 Å². The normalized spacial score (nSPS) is 26.6. The van der Waals surface area contributed by atoms with Crippen LogP contribution in [0.1, 0.15) is 37.4 Å². The maximum atomic E-state index is 12.6. The quantitative estimate of drug-likeness (QED) is 0.866. The molecule has 3 unspecified atom stereocenters. The van der Waals surface area contributed by atoms with Gasteiger partial charge in [0.05, 0.1) is 6.20 Å². The van der Waals surface area contributed by atoms with Gasteiger partial charge in [0.1, 0.15) is 0 Å². The first-order valence-electron chi connectivity index (χ1n) is 9.38. The molecule has 7 nitrogen and oxygen atoms in total. The average molecular weight is 368 g/mol. The Morgan fingerprint density at radius 3 is 2.89 bits per heavy atom. The van der Waals surface area contributed by atoms with Gasteiger partial charge in [-0.15, -0.1) is 0 Å². The molecule has 1 aromatic carbocycles. The summed E-state index contributed by atoms with van der Waals surface area (Å²) < 4.78 is 5.68. The third kappa shape index (κ3) is 3.73. The SMILES string of the molecule is CC(=O)Nc1cccc(-c2cnc(C(=O)N[C@H]3CN4CCC3CC4C)o2)c1. The zero-order valence-corrected chi connectivity index (χ0v) is 15.6. The number of rotatable bonds is 4. The molecule has 0 saturated carbocycles. The number of oxazole rings is 1. The number of fused-ring (bicyclic) bond motifs is 3. The second-order valence-electron chi connectivity index (χ2n) is 7.50. The van der Waals surface area contributed by atoms with Gasteiger partial charge in [-0.05, 0) is 44.4 Å². The van der Waals surface area contributed by atoms with Crippen LogP contribution in [0, 0.1) is 5.92 Å². The van der Waals surface area contributed by atoms with Crippen LogP contribution in [0.5, 0.6) is 0 Å². The van der Waals surface area contributed by atoms with Crippen molar-refractivity contribution in [3.05, 3.63) is 36.4 Å². The molecule has 0 radical (unpaired) electrons. The highest BCUT2D eigenvalue weighted by Gasteiger charge is 2.39. The Morgan fingerprint density at radius 2 is 2.19 bits per heavy atom. The van der Waals surface area contributed by atoms with Crippen LogP contribution >= 0.6 is 0 Å². The van der Waals surface area contributed by atoms with E-state index in [4.69, 9.17) is 4.42 Å². The average Bonchev–Trinajstić information content (AvgIpc) is 3.13. The molecule has 2 aromatic rings. The molecule has 3 aliphatic rings. The monoisotopic (exact) mass is 368 g/mol. The van der Waals surface area contributed by atoms with Crippen molar-refractivity contribution in [2.75, 3.05) is 18.4 Å². The minimum atomic E-state index is -0.273. The standard InChI is InChI=1S/C20H24N4O3/c1-12-8-14-6-7-24(12)11-17(14)23-19(26)20-21-10-18(27-20)15-4-3-5-16(9-15)22-13(2)25/h3-5,9-10,12,14,17H,6-8,11H2,1-2H3,(H,22,25)(H,23,26)/t12?,14?,17-/m0/s1. The minimum absolute atomic E-state index is 0.0689. The second kappa shape index (κ2) is 7.15. The van der Waals surface area contributed by atoms with E-state index >= 15 is 0 Å². The highest BCUT2D eigenvalue weighted by atomic mass is 16.4. The predicted molar refractivity (Wildman–Crippen MR) is 101 cm³/mol. The van der Waals surface area contributed by atoms with Gasteiger partial charge in [-0.3, -0.25) is 14.5 Å². The molecule has 2 bridgehead atoms. The summed E-state index contributed by atoms with van der Waals surface area (Å²) in [5, 5.41) is 5.83. The summed E-state index contributed by atoms with van der Waals surface area (Å²) in [7, 11) is 0. The molecule has 2 amide bonds. The van der Waals surface area contributed by atoms with Crippen LogP contribution in [0.4, 0.5) is 5.69 Å². The zero-order chi connectivity index (χ0) is 19.0. The Morgan fingerprint density at radius 1 is 1.33 bits per heavy atom. The molecule has 3 fully saturated rings. The van der Waals surface area contributed by atoms with Gasteiger partial charge in [0.2, 0.25) is 5.91 Å². The highest BCUT2D eigenvalue weighted by molar-refractivity contribution is 5.91. The summed E-state index contributed by atoms with van der Waals surface area (Å²) >= 11 is 0. The van der Waals surface area contributed by atoms with Gasteiger partial charge in [-0.25, -0.2) is 4.98 Å². The zero-order valence-electron chi connectivity index (χ0n) is 15.6. The number of nitrogens with zero attached hydrogens (tertiary/aromatic N) is 2. The molecule has 1 aromatic heterocycles. The largest absolute Gasteiger partial charge is 0.432 e.